The molecule has 0 spiro atoms. The number of benzene rings is 1. The summed E-state index contributed by atoms with van der Waals surface area (Å²) < 4.78 is 43.6. The van der Waals surface area contributed by atoms with Crippen molar-refractivity contribution < 1.29 is 27.4 Å². The third-order valence-electron chi connectivity index (χ3n) is 4.88. The van der Waals surface area contributed by atoms with Gasteiger partial charge in [-0.1, -0.05) is 0 Å². The first kappa shape index (κ1) is 23.6. The maximum atomic E-state index is 13.8. The predicted molar refractivity (Wildman–Crippen MR) is 111 cm³/mol. The number of carbonyl (C=O) groups excluding carboxylic acids is 1. The van der Waals surface area contributed by atoms with Crippen LogP contribution in [0, 0.1) is 13.8 Å². The van der Waals surface area contributed by atoms with Gasteiger partial charge in [0, 0.05) is 0 Å². The highest BCUT2D eigenvalue weighted by Gasteiger charge is 2.47. The quantitative estimate of drug-likeness (QED) is 0.669. The Hall–Kier alpha value is -1.64. The number of methoxy groups -OCH3 is 1. The van der Waals surface area contributed by atoms with Gasteiger partial charge in [0.1, 0.15) is 22.8 Å². The van der Waals surface area contributed by atoms with E-state index < -0.39 is 26.3 Å². The molecular formula is C21H33NO6S. The predicted octanol–water partition coefficient (Wildman–Crippen LogP) is 2.91. The SMILES string of the molecule is COc1cc(C)c(S(=O)(=O)[C@]2(COCC(=O)OC(C)(C)C)CCCCN2)c(C)c1. The highest BCUT2D eigenvalue weighted by Crippen LogP contribution is 2.36. The van der Waals surface area contributed by atoms with Crippen LogP contribution in [0.3, 0.4) is 0 Å². The number of nitrogens with one attached hydrogen (secondary N) is 1. The molecule has 1 heterocycles. The molecule has 1 N–H and O–H groups in total. The van der Waals surface area contributed by atoms with E-state index in [0.29, 0.717) is 29.8 Å². The largest absolute Gasteiger partial charge is 0.497 e. The van der Waals surface area contributed by atoms with E-state index in [-0.39, 0.29) is 18.1 Å². The van der Waals surface area contributed by atoms with Gasteiger partial charge in [0.25, 0.3) is 0 Å². The Balaban J connectivity index is 2.30. The van der Waals surface area contributed by atoms with Crippen LogP contribution in [0.1, 0.15) is 51.2 Å². The van der Waals surface area contributed by atoms with E-state index in [0.717, 1.165) is 12.8 Å². The van der Waals surface area contributed by atoms with Gasteiger partial charge >= 0.3 is 5.97 Å². The van der Waals surface area contributed by atoms with Gasteiger partial charge in [-0.05, 0) is 83.7 Å². The molecule has 0 saturated carbocycles. The minimum Gasteiger partial charge on any atom is -0.497 e. The number of piperidine rings is 1. The molecule has 1 aromatic rings. The Kier molecular flexibility index (Phi) is 7.35. The van der Waals surface area contributed by atoms with E-state index in [2.05, 4.69) is 5.32 Å². The molecule has 0 bridgehead atoms. The fourth-order valence-electron chi connectivity index (χ4n) is 3.69. The Morgan fingerprint density at radius 1 is 1.17 bits per heavy atom. The molecule has 8 heteroatoms. The van der Waals surface area contributed by atoms with Crippen LogP contribution in [0.4, 0.5) is 0 Å². The summed E-state index contributed by atoms with van der Waals surface area (Å²) >= 11 is 0. The van der Waals surface area contributed by atoms with Crippen LogP contribution in [0.5, 0.6) is 5.75 Å². The first-order valence-corrected chi connectivity index (χ1v) is 11.3. The fraction of sp³-hybridized carbons (Fsp3) is 0.667. The molecule has 0 amide bonds. The summed E-state index contributed by atoms with van der Waals surface area (Å²) in [5.74, 6) is 0.100. The topological polar surface area (TPSA) is 90.9 Å². The first-order chi connectivity index (χ1) is 13.4. The Labute approximate surface area is 174 Å². The second-order valence-electron chi connectivity index (χ2n) is 8.55. The van der Waals surface area contributed by atoms with Gasteiger partial charge < -0.3 is 14.2 Å². The number of carbonyl (C=O) groups is 1. The van der Waals surface area contributed by atoms with Gasteiger partial charge in [-0.15, -0.1) is 0 Å². The van der Waals surface area contributed by atoms with Crippen molar-refractivity contribution in [3.05, 3.63) is 23.3 Å². The summed E-state index contributed by atoms with van der Waals surface area (Å²) in [6.07, 6.45) is 2.06. The van der Waals surface area contributed by atoms with Crippen LogP contribution in [0.15, 0.2) is 17.0 Å². The smallest absolute Gasteiger partial charge is 0.332 e. The van der Waals surface area contributed by atoms with Crippen molar-refractivity contribution in [2.75, 3.05) is 26.9 Å². The van der Waals surface area contributed by atoms with Gasteiger partial charge in [0.05, 0.1) is 18.6 Å². The lowest BCUT2D eigenvalue weighted by Crippen LogP contribution is -2.58. The normalized spacial score (nSPS) is 20.3. The maximum Gasteiger partial charge on any atom is 0.332 e. The number of hydrogen-bond donors (Lipinski definition) is 1. The molecule has 1 saturated heterocycles. The van der Waals surface area contributed by atoms with Crippen molar-refractivity contribution >= 4 is 15.8 Å². The number of hydrogen-bond acceptors (Lipinski definition) is 7. The van der Waals surface area contributed by atoms with Crippen molar-refractivity contribution in [3.8, 4) is 5.75 Å². The average Bonchev–Trinajstić information content (AvgIpc) is 2.60. The summed E-state index contributed by atoms with van der Waals surface area (Å²) in [5, 5.41) is 3.18. The first-order valence-electron chi connectivity index (χ1n) is 9.86. The molecule has 29 heavy (non-hydrogen) atoms. The highest BCUT2D eigenvalue weighted by molar-refractivity contribution is 7.93. The summed E-state index contributed by atoms with van der Waals surface area (Å²) in [6.45, 7) is 9.00. The molecule has 2 rings (SSSR count). The van der Waals surface area contributed by atoms with Crippen LogP contribution in [-0.2, 0) is 24.1 Å². The van der Waals surface area contributed by atoms with Crippen molar-refractivity contribution in [1.82, 2.24) is 5.32 Å². The van der Waals surface area contributed by atoms with Crippen LogP contribution < -0.4 is 10.1 Å². The third kappa shape index (κ3) is 5.49. The van der Waals surface area contributed by atoms with E-state index in [1.54, 1.807) is 53.9 Å². The van der Waals surface area contributed by atoms with Crippen LogP contribution in [0.25, 0.3) is 0 Å². The lowest BCUT2D eigenvalue weighted by Gasteiger charge is -2.38. The molecular weight excluding hydrogens is 394 g/mol. The Morgan fingerprint density at radius 3 is 2.28 bits per heavy atom. The number of sulfone groups is 1. The van der Waals surface area contributed by atoms with Crippen molar-refractivity contribution in [2.24, 2.45) is 0 Å². The maximum absolute atomic E-state index is 13.8. The van der Waals surface area contributed by atoms with Gasteiger partial charge in [0.15, 0.2) is 9.84 Å². The third-order valence-corrected chi connectivity index (χ3v) is 7.56. The molecule has 0 radical (unpaired) electrons. The van der Waals surface area contributed by atoms with Crippen LogP contribution in [0.2, 0.25) is 0 Å². The second-order valence-corrected chi connectivity index (χ2v) is 10.7. The highest BCUT2D eigenvalue weighted by atomic mass is 32.2. The minimum atomic E-state index is -3.79. The van der Waals surface area contributed by atoms with Crippen LogP contribution in [-0.4, -0.2) is 51.7 Å². The number of rotatable bonds is 7. The molecule has 1 aromatic carbocycles. The van der Waals surface area contributed by atoms with Gasteiger partial charge in [-0.2, -0.15) is 0 Å². The fourth-order valence-corrected chi connectivity index (χ4v) is 5.99. The molecule has 0 unspecified atom stereocenters. The summed E-state index contributed by atoms with van der Waals surface area (Å²) in [5.41, 5.74) is 0.631. The molecule has 0 aliphatic carbocycles. The molecule has 164 valence electrons. The summed E-state index contributed by atoms with van der Waals surface area (Å²) in [6, 6.07) is 3.44. The van der Waals surface area contributed by atoms with Gasteiger partial charge in [-0.3, -0.25) is 5.32 Å². The standard InChI is InChI=1S/C21H33NO6S/c1-15-11-17(26-6)12-16(2)19(15)29(24,25)21(9-7-8-10-22-21)14-27-13-18(23)28-20(3,4)5/h11-12,22H,7-10,13-14H2,1-6H3/t21-/m0/s1. The van der Waals surface area contributed by atoms with E-state index in [1.807, 2.05) is 0 Å². The number of aryl methyl sites for hydroxylation is 2. The van der Waals surface area contributed by atoms with E-state index >= 15 is 0 Å². The molecule has 1 aliphatic rings. The van der Waals surface area contributed by atoms with Gasteiger partial charge in [0.2, 0.25) is 0 Å². The molecule has 7 nitrogen and oxygen atoms in total. The van der Waals surface area contributed by atoms with E-state index in [9.17, 15) is 13.2 Å². The average molecular weight is 428 g/mol. The van der Waals surface area contributed by atoms with Gasteiger partial charge in [-0.25, -0.2) is 13.2 Å². The number of ether oxygens (including phenoxy) is 3. The zero-order valence-electron chi connectivity index (χ0n) is 18.3. The Morgan fingerprint density at radius 2 is 1.79 bits per heavy atom. The molecule has 1 fully saturated rings. The molecule has 1 atom stereocenters. The lowest BCUT2D eigenvalue weighted by atomic mass is 10.1. The zero-order valence-corrected chi connectivity index (χ0v) is 19.1. The van der Waals surface area contributed by atoms with Crippen molar-refractivity contribution in [2.45, 2.75) is 69.2 Å². The van der Waals surface area contributed by atoms with Crippen LogP contribution >= 0.6 is 0 Å². The monoisotopic (exact) mass is 427 g/mol. The van der Waals surface area contributed by atoms with Crippen molar-refractivity contribution in [1.29, 1.82) is 0 Å². The molecule has 0 aromatic heterocycles. The molecule has 1 aliphatic heterocycles. The Bertz CT molecular complexity index is 812. The van der Waals surface area contributed by atoms with E-state index in [1.165, 1.54) is 0 Å². The minimum absolute atomic E-state index is 0.126. The van der Waals surface area contributed by atoms with Crippen molar-refractivity contribution in [3.63, 3.8) is 0 Å². The number of esters is 1. The van der Waals surface area contributed by atoms with E-state index in [4.69, 9.17) is 14.2 Å². The summed E-state index contributed by atoms with van der Waals surface area (Å²) in [7, 11) is -2.23. The zero-order chi connectivity index (χ0) is 21.9. The second kappa shape index (κ2) is 9.02. The summed E-state index contributed by atoms with van der Waals surface area (Å²) in [4.78, 5) is 11.0. The lowest BCUT2D eigenvalue weighted by molar-refractivity contribution is -0.160.